The Hall–Kier alpha value is -1.29. The number of aliphatic hydroxyl groups is 1. The van der Waals surface area contributed by atoms with Crippen molar-refractivity contribution in [3.05, 3.63) is 23.7 Å². The third-order valence-corrected chi connectivity index (χ3v) is 3.38. The molecule has 0 bridgehead atoms. The number of carbonyl (C=O) groups excluding carboxylic acids is 1. The first kappa shape index (κ1) is 13.1. The van der Waals surface area contributed by atoms with Crippen LogP contribution in [0.3, 0.4) is 0 Å². The Labute approximate surface area is 107 Å². The molecule has 100 valence electrons. The largest absolute Gasteiger partial charge is 0.463 e. The molecule has 0 aliphatic heterocycles. The van der Waals surface area contributed by atoms with Gasteiger partial charge in [-0.15, -0.1) is 0 Å². The quantitative estimate of drug-likeness (QED) is 0.814. The highest BCUT2D eigenvalue weighted by Gasteiger charge is 2.28. The van der Waals surface area contributed by atoms with Gasteiger partial charge in [-0.25, -0.2) is 0 Å². The van der Waals surface area contributed by atoms with Gasteiger partial charge in [0.25, 0.3) is 0 Å². The van der Waals surface area contributed by atoms with E-state index in [-0.39, 0.29) is 12.5 Å². The first-order chi connectivity index (χ1) is 8.47. The van der Waals surface area contributed by atoms with Gasteiger partial charge >= 0.3 is 0 Å². The minimum atomic E-state index is -1.15. The predicted molar refractivity (Wildman–Crippen MR) is 68.0 cm³/mol. The van der Waals surface area contributed by atoms with Gasteiger partial charge in [0, 0.05) is 6.42 Å². The number of hydrogen-bond acceptors (Lipinski definition) is 3. The van der Waals surface area contributed by atoms with Gasteiger partial charge in [0.15, 0.2) is 0 Å². The van der Waals surface area contributed by atoms with Crippen molar-refractivity contribution >= 4 is 5.91 Å². The standard InChI is InChI=1S/C14H21NO3/c1-10-3-7-12(18-10)14(2,17)9-15-13(16)8-6-11-4-5-11/h3,7,11,17H,4-6,8-9H2,1-2H3,(H,15,16). The Balaban J connectivity index is 1.78. The highest BCUT2D eigenvalue weighted by atomic mass is 16.4. The molecule has 1 aromatic rings. The molecule has 4 nitrogen and oxygen atoms in total. The summed E-state index contributed by atoms with van der Waals surface area (Å²) < 4.78 is 5.39. The molecule has 1 aliphatic carbocycles. The third-order valence-electron chi connectivity index (χ3n) is 3.38. The topological polar surface area (TPSA) is 62.5 Å². The predicted octanol–water partition coefficient (Wildman–Crippen LogP) is 2.10. The second-order valence-corrected chi connectivity index (χ2v) is 5.44. The van der Waals surface area contributed by atoms with Crippen molar-refractivity contribution in [1.29, 1.82) is 0 Å². The Morgan fingerprint density at radius 2 is 2.28 bits per heavy atom. The smallest absolute Gasteiger partial charge is 0.220 e. The Morgan fingerprint density at radius 1 is 1.56 bits per heavy atom. The van der Waals surface area contributed by atoms with E-state index in [0.717, 1.165) is 18.1 Å². The van der Waals surface area contributed by atoms with Crippen molar-refractivity contribution in [3.8, 4) is 0 Å². The molecular formula is C14H21NO3. The van der Waals surface area contributed by atoms with E-state index in [1.165, 1.54) is 12.8 Å². The minimum Gasteiger partial charge on any atom is -0.463 e. The minimum absolute atomic E-state index is 0.00505. The lowest BCUT2D eigenvalue weighted by Crippen LogP contribution is -2.38. The Bertz CT molecular complexity index is 418. The number of amides is 1. The lowest BCUT2D eigenvalue weighted by Gasteiger charge is -2.21. The van der Waals surface area contributed by atoms with Gasteiger partial charge < -0.3 is 14.8 Å². The van der Waals surface area contributed by atoms with Crippen LogP contribution in [-0.2, 0) is 10.4 Å². The number of carbonyl (C=O) groups is 1. The summed E-state index contributed by atoms with van der Waals surface area (Å²) in [5.74, 6) is 2.00. The summed E-state index contributed by atoms with van der Waals surface area (Å²) in [6.45, 7) is 3.66. The summed E-state index contributed by atoms with van der Waals surface area (Å²) in [5, 5.41) is 13.0. The van der Waals surface area contributed by atoms with Gasteiger partial charge in [-0.1, -0.05) is 12.8 Å². The van der Waals surface area contributed by atoms with Crippen molar-refractivity contribution in [3.63, 3.8) is 0 Å². The van der Waals surface area contributed by atoms with Crippen molar-refractivity contribution in [2.45, 2.75) is 45.1 Å². The molecule has 18 heavy (non-hydrogen) atoms. The molecular weight excluding hydrogens is 230 g/mol. The molecule has 2 rings (SSSR count). The number of nitrogens with one attached hydrogen (secondary N) is 1. The van der Waals surface area contributed by atoms with Crippen molar-refractivity contribution < 1.29 is 14.3 Å². The van der Waals surface area contributed by atoms with Crippen LogP contribution in [0.1, 0.15) is 44.1 Å². The maximum Gasteiger partial charge on any atom is 0.220 e. The monoisotopic (exact) mass is 251 g/mol. The molecule has 1 amide bonds. The zero-order valence-corrected chi connectivity index (χ0v) is 11.0. The van der Waals surface area contributed by atoms with E-state index in [1.54, 1.807) is 19.1 Å². The normalized spacial score (nSPS) is 18.4. The molecule has 1 atom stereocenters. The molecule has 2 N–H and O–H groups in total. The average molecular weight is 251 g/mol. The highest BCUT2D eigenvalue weighted by molar-refractivity contribution is 5.75. The molecule has 1 fully saturated rings. The summed E-state index contributed by atoms with van der Waals surface area (Å²) in [5.41, 5.74) is -1.15. The van der Waals surface area contributed by atoms with E-state index in [0.29, 0.717) is 12.2 Å². The van der Waals surface area contributed by atoms with E-state index >= 15 is 0 Å². The summed E-state index contributed by atoms with van der Waals surface area (Å²) >= 11 is 0. The summed E-state index contributed by atoms with van der Waals surface area (Å²) in [6.07, 6.45) is 4.04. The molecule has 0 radical (unpaired) electrons. The number of rotatable bonds is 6. The van der Waals surface area contributed by atoms with E-state index in [1.807, 2.05) is 6.92 Å². The fourth-order valence-electron chi connectivity index (χ4n) is 1.91. The van der Waals surface area contributed by atoms with Crippen LogP contribution >= 0.6 is 0 Å². The lowest BCUT2D eigenvalue weighted by molar-refractivity contribution is -0.122. The van der Waals surface area contributed by atoms with E-state index in [2.05, 4.69) is 5.32 Å². The van der Waals surface area contributed by atoms with Crippen LogP contribution in [0.25, 0.3) is 0 Å². The summed E-state index contributed by atoms with van der Waals surface area (Å²) in [4.78, 5) is 11.6. The molecule has 0 saturated heterocycles. The molecule has 1 saturated carbocycles. The van der Waals surface area contributed by atoms with Crippen LogP contribution in [0.5, 0.6) is 0 Å². The van der Waals surface area contributed by atoms with E-state index in [4.69, 9.17) is 4.42 Å². The fourth-order valence-corrected chi connectivity index (χ4v) is 1.91. The van der Waals surface area contributed by atoms with Crippen molar-refractivity contribution in [2.75, 3.05) is 6.54 Å². The molecule has 1 unspecified atom stereocenters. The first-order valence-corrected chi connectivity index (χ1v) is 6.53. The van der Waals surface area contributed by atoms with Crippen LogP contribution in [0.2, 0.25) is 0 Å². The summed E-state index contributed by atoms with van der Waals surface area (Å²) in [6, 6.07) is 3.55. The van der Waals surface area contributed by atoms with E-state index < -0.39 is 5.60 Å². The van der Waals surface area contributed by atoms with Gasteiger partial charge in [0.1, 0.15) is 17.1 Å². The van der Waals surface area contributed by atoms with Crippen molar-refractivity contribution in [1.82, 2.24) is 5.32 Å². The Morgan fingerprint density at radius 3 is 2.83 bits per heavy atom. The van der Waals surface area contributed by atoms with Crippen molar-refractivity contribution in [2.24, 2.45) is 5.92 Å². The van der Waals surface area contributed by atoms with Gasteiger partial charge in [0.2, 0.25) is 5.91 Å². The van der Waals surface area contributed by atoms with Gasteiger partial charge in [-0.05, 0) is 38.3 Å². The molecule has 0 spiro atoms. The van der Waals surface area contributed by atoms with Gasteiger partial charge in [0.05, 0.1) is 6.54 Å². The molecule has 1 aliphatic rings. The van der Waals surface area contributed by atoms with Gasteiger partial charge in [-0.3, -0.25) is 4.79 Å². The maximum atomic E-state index is 11.6. The average Bonchev–Trinajstić information content (AvgIpc) is 3.04. The zero-order chi connectivity index (χ0) is 13.2. The third kappa shape index (κ3) is 3.60. The molecule has 1 heterocycles. The first-order valence-electron chi connectivity index (χ1n) is 6.53. The SMILES string of the molecule is Cc1ccc(C(C)(O)CNC(=O)CCC2CC2)o1. The van der Waals surface area contributed by atoms with E-state index in [9.17, 15) is 9.90 Å². The zero-order valence-electron chi connectivity index (χ0n) is 11.0. The van der Waals surface area contributed by atoms with Crippen LogP contribution in [0.4, 0.5) is 0 Å². The second-order valence-electron chi connectivity index (χ2n) is 5.44. The van der Waals surface area contributed by atoms with Crippen LogP contribution < -0.4 is 5.32 Å². The molecule has 1 aromatic heterocycles. The maximum absolute atomic E-state index is 11.6. The molecule has 0 aromatic carbocycles. The van der Waals surface area contributed by atoms with Crippen LogP contribution in [0.15, 0.2) is 16.5 Å². The lowest BCUT2D eigenvalue weighted by atomic mass is 10.0. The number of furan rings is 1. The molecule has 4 heteroatoms. The summed E-state index contributed by atoms with van der Waals surface area (Å²) in [7, 11) is 0. The Kier molecular flexibility index (Phi) is 3.76. The second kappa shape index (κ2) is 5.14. The van der Waals surface area contributed by atoms with Crippen LogP contribution in [-0.4, -0.2) is 17.6 Å². The van der Waals surface area contributed by atoms with Crippen LogP contribution in [0, 0.1) is 12.8 Å². The number of aryl methyl sites for hydroxylation is 1. The highest BCUT2D eigenvalue weighted by Crippen LogP contribution is 2.33. The fraction of sp³-hybridized carbons (Fsp3) is 0.643. The number of hydrogen-bond donors (Lipinski definition) is 2. The van der Waals surface area contributed by atoms with Gasteiger partial charge in [-0.2, -0.15) is 0 Å².